The van der Waals surface area contributed by atoms with Crippen LogP contribution in [0.2, 0.25) is 0 Å². The summed E-state index contributed by atoms with van der Waals surface area (Å²) < 4.78 is 0. The maximum atomic E-state index is 3.67. The van der Waals surface area contributed by atoms with Gasteiger partial charge in [-0.25, -0.2) is 0 Å². The molecule has 2 aromatic rings. The number of anilines is 1. The molecule has 0 aromatic heterocycles. The average molecular weight is 223 g/mol. The summed E-state index contributed by atoms with van der Waals surface area (Å²) in [5.41, 5.74) is 5.59. The third-order valence-corrected chi connectivity index (χ3v) is 3.57. The van der Waals surface area contributed by atoms with Crippen molar-refractivity contribution in [3.8, 4) is 0 Å². The number of nitrogens with one attached hydrogen (secondary N) is 1. The topological polar surface area (TPSA) is 12.0 Å². The van der Waals surface area contributed by atoms with Crippen molar-refractivity contribution in [3.05, 3.63) is 65.2 Å². The maximum absolute atomic E-state index is 3.67. The van der Waals surface area contributed by atoms with E-state index in [1.54, 1.807) is 0 Å². The Bertz CT molecular complexity index is 531. The highest BCUT2D eigenvalue weighted by molar-refractivity contribution is 5.57. The molecule has 1 aliphatic rings. The standard InChI is InChI=1S/C16H17N/c1-2-15-14-9-5-3-7-12(14)11-13-8-4-6-10-16(13)17-15/h3-10,15,17H,2,11H2,1H3. The van der Waals surface area contributed by atoms with Gasteiger partial charge in [0.1, 0.15) is 0 Å². The van der Waals surface area contributed by atoms with Crippen molar-refractivity contribution in [2.24, 2.45) is 0 Å². The summed E-state index contributed by atoms with van der Waals surface area (Å²) in [6, 6.07) is 17.9. The fourth-order valence-electron chi connectivity index (χ4n) is 2.64. The number of benzene rings is 2. The molecule has 0 aliphatic carbocycles. The second kappa shape index (κ2) is 4.25. The van der Waals surface area contributed by atoms with Crippen LogP contribution in [0.5, 0.6) is 0 Å². The van der Waals surface area contributed by atoms with Crippen LogP contribution in [0.25, 0.3) is 0 Å². The van der Waals surface area contributed by atoms with Crippen LogP contribution in [0, 0.1) is 0 Å². The first kappa shape index (κ1) is 10.4. The van der Waals surface area contributed by atoms with Gasteiger partial charge in [-0.05, 0) is 35.6 Å². The van der Waals surface area contributed by atoms with E-state index in [0.29, 0.717) is 6.04 Å². The summed E-state index contributed by atoms with van der Waals surface area (Å²) in [4.78, 5) is 0. The SMILES string of the molecule is CCC1Nc2ccccc2Cc2ccccc21. The molecule has 0 saturated carbocycles. The van der Waals surface area contributed by atoms with Crippen molar-refractivity contribution in [2.45, 2.75) is 25.8 Å². The molecule has 3 rings (SSSR count). The van der Waals surface area contributed by atoms with Gasteiger partial charge >= 0.3 is 0 Å². The van der Waals surface area contributed by atoms with E-state index in [1.807, 2.05) is 0 Å². The Balaban J connectivity index is 2.13. The number of rotatable bonds is 1. The minimum absolute atomic E-state index is 0.440. The van der Waals surface area contributed by atoms with Gasteiger partial charge in [0.15, 0.2) is 0 Å². The molecule has 2 aromatic carbocycles. The molecule has 0 saturated heterocycles. The van der Waals surface area contributed by atoms with Crippen molar-refractivity contribution in [1.29, 1.82) is 0 Å². The third kappa shape index (κ3) is 1.82. The van der Waals surface area contributed by atoms with Crippen molar-refractivity contribution < 1.29 is 0 Å². The van der Waals surface area contributed by atoms with Gasteiger partial charge in [-0.3, -0.25) is 0 Å². The monoisotopic (exact) mass is 223 g/mol. The minimum Gasteiger partial charge on any atom is -0.378 e. The Morgan fingerprint density at radius 3 is 2.53 bits per heavy atom. The Hall–Kier alpha value is -1.76. The highest BCUT2D eigenvalue weighted by Crippen LogP contribution is 2.33. The van der Waals surface area contributed by atoms with Crippen LogP contribution < -0.4 is 5.32 Å². The Morgan fingerprint density at radius 2 is 1.71 bits per heavy atom. The molecule has 1 unspecified atom stereocenters. The fourth-order valence-corrected chi connectivity index (χ4v) is 2.64. The predicted octanol–water partition coefficient (Wildman–Crippen LogP) is 4.15. The van der Waals surface area contributed by atoms with Crippen LogP contribution in [0.15, 0.2) is 48.5 Å². The lowest BCUT2D eigenvalue weighted by Gasteiger charge is -2.18. The summed E-state index contributed by atoms with van der Waals surface area (Å²) in [7, 11) is 0. The second-order valence-corrected chi connectivity index (χ2v) is 4.64. The zero-order valence-electron chi connectivity index (χ0n) is 10.1. The molecule has 1 heteroatoms. The molecule has 0 amide bonds. The van der Waals surface area contributed by atoms with Crippen LogP contribution in [-0.4, -0.2) is 0 Å². The molecule has 0 spiro atoms. The number of hydrogen-bond acceptors (Lipinski definition) is 1. The lowest BCUT2D eigenvalue weighted by molar-refractivity contribution is 0.748. The largest absolute Gasteiger partial charge is 0.378 e. The molecule has 17 heavy (non-hydrogen) atoms. The number of para-hydroxylation sites is 1. The molecule has 1 atom stereocenters. The smallest absolute Gasteiger partial charge is 0.0514 e. The van der Waals surface area contributed by atoms with Gasteiger partial charge in [0.25, 0.3) is 0 Å². The Labute approximate surface area is 102 Å². The van der Waals surface area contributed by atoms with Gasteiger partial charge in [-0.2, -0.15) is 0 Å². The zero-order valence-corrected chi connectivity index (χ0v) is 10.1. The maximum Gasteiger partial charge on any atom is 0.0514 e. The van der Waals surface area contributed by atoms with Gasteiger partial charge in [0.2, 0.25) is 0 Å². The molecule has 1 aliphatic heterocycles. The second-order valence-electron chi connectivity index (χ2n) is 4.64. The summed E-state index contributed by atoms with van der Waals surface area (Å²) >= 11 is 0. The molecule has 1 nitrogen and oxygen atoms in total. The first-order valence-electron chi connectivity index (χ1n) is 6.30. The summed E-state index contributed by atoms with van der Waals surface area (Å²) in [6.45, 7) is 2.24. The lowest BCUT2D eigenvalue weighted by Crippen LogP contribution is -2.09. The van der Waals surface area contributed by atoms with E-state index in [4.69, 9.17) is 0 Å². The lowest BCUT2D eigenvalue weighted by atomic mass is 9.96. The van der Waals surface area contributed by atoms with E-state index in [1.165, 1.54) is 22.4 Å². The van der Waals surface area contributed by atoms with Crippen LogP contribution in [-0.2, 0) is 6.42 Å². The average Bonchev–Trinajstić information content (AvgIpc) is 2.54. The highest BCUT2D eigenvalue weighted by atomic mass is 14.9. The van der Waals surface area contributed by atoms with Gasteiger partial charge in [0.05, 0.1) is 6.04 Å². The fraction of sp³-hybridized carbons (Fsp3) is 0.250. The third-order valence-electron chi connectivity index (χ3n) is 3.57. The van der Waals surface area contributed by atoms with Gasteiger partial charge in [0, 0.05) is 5.69 Å². The van der Waals surface area contributed by atoms with Crippen molar-refractivity contribution in [3.63, 3.8) is 0 Å². The minimum atomic E-state index is 0.440. The molecule has 86 valence electrons. The summed E-state index contributed by atoms with van der Waals surface area (Å²) in [5, 5.41) is 3.67. The summed E-state index contributed by atoms with van der Waals surface area (Å²) in [5.74, 6) is 0. The zero-order chi connectivity index (χ0) is 11.7. The number of hydrogen-bond donors (Lipinski definition) is 1. The van der Waals surface area contributed by atoms with Crippen molar-refractivity contribution >= 4 is 5.69 Å². The Kier molecular flexibility index (Phi) is 2.60. The van der Waals surface area contributed by atoms with Gasteiger partial charge in [-0.1, -0.05) is 49.4 Å². The first-order valence-corrected chi connectivity index (χ1v) is 6.30. The van der Waals surface area contributed by atoms with Crippen LogP contribution >= 0.6 is 0 Å². The van der Waals surface area contributed by atoms with Crippen molar-refractivity contribution in [2.75, 3.05) is 5.32 Å². The molecular formula is C16H17N. The van der Waals surface area contributed by atoms with Crippen LogP contribution in [0.3, 0.4) is 0 Å². The summed E-state index contributed by atoms with van der Waals surface area (Å²) in [6.07, 6.45) is 2.15. The molecule has 0 bridgehead atoms. The highest BCUT2D eigenvalue weighted by Gasteiger charge is 2.18. The Morgan fingerprint density at radius 1 is 1.00 bits per heavy atom. The van der Waals surface area contributed by atoms with E-state index in [0.717, 1.165) is 12.8 Å². The predicted molar refractivity (Wildman–Crippen MR) is 72.3 cm³/mol. The van der Waals surface area contributed by atoms with Gasteiger partial charge in [-0.15, -0.1) is 0 Å². The van der Waals surface area contributed by atoms with E-state index in [-0.39, 0.29) is 0 Å². The van der Waals surface area contributed by atoms with E-state index < -0.39 is 0 Å². The van der Waals surface area contributed by atoms with E-state index in [2.05, 4.69) is 60.8 Å². The van der Waals surface area contributed by atoms with Crippen LogP contribution in [0.1, 0.15) is 36.1 Å². The molecule has 0 radical (unpaired) electrons. The molecule has 1 heterocycles. The molecular weight excluding hydrogens is 206 g/mol. The van der Waals surface area contributed by atoms with Crippen molar-refractivity contribution in [1.82, 2.24) is 0 Å². The van der Waals surface area contributed by atoms with E-state index in [9.17, 15) is 0 Å². The number of fused-ring (bicyclic) bond motifs is 2. The molecule has 0 fully saturated rings. The quantitative estimate of drug-likeness (QED) is 0.765. The first-order chi connectivity index (χ1) is 8.38. The molecule has 1 N–H and O–H groups in total. The normalized spacial score (nSPS) is 17.6. The van der Waals surface area contributed by atoms with E-state index >= 15 is 0 Å². The van der Waals surface area contributed by atoms with Crippen LogP contribution in [0.4, 0.5) is 5.69 Å². The van der Waals surface area contributed by atoms with Gasteiger partial charge < -0.3 is 5.32 Å².